The highest BCUT2D eigenvalue weighted by Crippen LogP contribution is 2.24. The molecule has 4 nitrogen and oxygen atoms in total. The Hall–Kier alpha value is -1.36. The molecule has 0 spiro atoms. The van der Waals surface area contributed by atoms with Crippen LogP contribution in [0.1, 0.15) is 18.9 Å². The molecule has 0 radical (unpaired) electrons. The summed E-state index contributed by atoms with van der Waals surface area (Å²) in [5, 5.41) is 7.47. The zero-order valence-corrected chi connectivity index (χ0v) is 14.8. The molecule has 1 aromatic heterocycles. The molecule has 0 bridgehead atoms. The van der Waals surface area contributed by atoms with E-state index in [9.17, 15) is 4.79 Å². The van der Waals surface area contributed by atoms with Crippen molar-refractivity contribution in [2.45, 2.75) is 19.8 Å². The molecule has 126 valence electrons. The summed E-state index contributed by atoms with van der Waals surface area (Å²) in [6.45, 7) is 4.39. The zero-order valence-electron chi connectivity index (χ0n) is 13.2. The second-order valence-electron chi connectivity index (χ2n) is 5.99. The van der Waals surface area contributed by atoms with Gasteiger partial charge in [-0.15, -0.1) is 24.8 Å². The Morgan fingerprint density at radius 3 is 2.83 bits per heavy atom. The number of halogens is 2. The smallest absolute Gasteiger partial charge is 0.227 e. The first-order chi connectivity index (χ1) is 10.2. The van der Waals surface area contributed by atoms with Crippen molar-refractivity contribution in [3.05, 3.63) is 42.1 Å². The highest BCUT2D eigenvalue weighted by molar-refractivity contribution is 5.86. The topological polar surface area (TPSA) is 54.0 Å². The molecular formula is C17H23Cl2N3O. The summed E-state index contributed by atoms with van der Waals surface area (Å²) in [4.78, 5) is 16.7. The first-order valence-corrected chi connectivity index (χ1v) is 7.51. The third-order valence-corrected chi connectivity index (χ3v) is 4.31. The molecule has 1 saturated heterocycles. The number of rotatable bonds is 4. The van der Waals surface area contributed by atoms with Gasteiger partial charge in [0.15, 0.2) is 0 Å². The van der Waals surface area contributed by atoms with E-state index < -0.39 is 0 Å². The summed E-state index contributed by atoms with van der Waals surface area (Å²) in [7, 11) is 0. The molecule has 1 aliphatic heterocycles. The van der Waals surface area contributed by atoms with Crippen LogP contribution in [0.3, 0.4) is 0 Å². The summed E-state index contributed by atoms with van der Waals surface area (Å²) in [6.07, 6.45) is 3.54. The molecule has 1 atom stereocenters. The van der Waals surface area contributed by atoms with Crippen LogP contribution >= 0.6 is 24.8 Å². The number of carbonyl (C=O) groups is 1. The molecular weight excluding hydrogens is 333 g/mol. The maximum Gasteiger partial charge on any atom is 0.227 e. The van der Waals surface area contributed by atoms with Crippen LogP contribution < -0.4 is 10.6 Å². The second kappa shape index (κ2) is 8.48. The maximum atomic E-state index is 12.3. The molecule has 1 aliphatic rings. The van der Waals surface area contributed by atoms with Crippen LogP contribution in [0.25, 0.3) is 10.9 Å². The van der Waals surface area contributed by atoms with Crippen molar-refractivity contribution < 1.29 is 4.79 Å². The number of amides is 1. The van der Waals surface area contributed by atoms with Gasteiger partial charge in [-0.25, -0.2) is 0 Å². The lowest BCUT2D eigenvalue weighted by molar-refractivity contribution is -0.129. The fourth-order valence-corrected chi connectivity index (χ4v) is 2.90. The second-order valence-corrected chi connectivity index (χ2v) is 5.99. The number of benzene rings is 1. The average Bonchev–Trinajstić information content (AvgIpc) is 2.95. The number of nitrogens with zero attached hydrogens (tertiary/aromatic N) is 1. The first-order valence-electron chi connectivity index (χ1n) is 7.51. The summed E-state index contributed by atoms with van der Waals surface area (Å²) < 4.78 is 0. The van der Waals surface area contributed by atoms with E-state index in [1.165, 1.54) is 5.56 Å². The van der Waals surface area contributed by atoms with Crippen molar-refractivity contribution in [2.75, 3.05) is 19.6 Å². The third-order valence-electron chi connectivity index (χ3n) is 4.31. The minimum Gasteiger partial charge on any atom is -0.355 e. The van der Waals surface area contributed by atoms with E-state index in [2.05, 4.69) is 33.8 Å². The van der Waals surface area contributed by atoms with Crippen LogP contribution in [0.4, 0.5) is 0 Å². The Balaban J connectivity index is 0.00000132. The van der Waals surface area contributed by atoms with E-state index in [0.717, 1.165) is 36.8 Å². The van der Waals surface area contributed by atoms with Gasteiger partial charge in [-0.3, -0.25) is 9.78 Å². The van der Waals surface area contributed by atoms with E-state index >= 15 is 0 Å². The third kappa shape index (κ3) is 4.34. The van der Waals surface area contributed by atoms with Gasteiger partial charge < -0.3 is 10.6 Å². The molecule has 6 heteroatoms. The van der Waals surface area contributed by atoms with Gasteiger partial charge in [0.05, 0.1) is 10.9 Å². The highest BCUT2D eigenvalue weighted by Gasteiger charge is 2.35. The number of aromatic nitrogens is 1. The summed E-state index contributed by atoms with van der Waals surface area (Å²) in [5.41, 5.74) is 1.96. The van der Waals surface area contributed by atoms with Crippen molar-refractivity contribution in [3.8, 4) is 0 Å². The minimum atomic E-state index is -0.253. The molecule has 3 rings (SSSR count). The van der Waals surface area contributed by atoms with Crippen molar-refractivity contribution in [1.82, 2.24) is 15.6 Å². The Morgan fingerprint density at radius 2 is 2.09 bits per heavy atom. The average molecular weight is 356 g/mol. The quantitative estimate of drug-likeness (QED) is 0.886. The summed E-state index contributed by atoms with van der Waals surface area (Å²) >= 11 is 0. The molecule has 1 amide bonds. The van der Waals surface area contributed by atoms with Crippen molar-refractivity contribution in [1.29, 1.82) is 0 Å². The van der Waals surface area contributed by atoms with Crippen molar-refractivity contribution >= 4 is 41.6 Å². The van der Waals surface area contributed by atoms with Gasteiger partial charge in [-0.2, -0.15) is 0 Å². The van der Waals surface area contributed by atoms with E-state index in [1.807, 2.05) is 25.3 Å². The molecule has 1 fully saturated rings. The number of fused-ring (bicyclic) bond motifs is 1. The van der Waals surface area contributed by atoms with Gasteiger partial charge in [0.25, 0.3) is 0 Å². The summed E-state index contributed by atoms with van der Waals surface area (Å²) in [5.74, 6) is 0.153. The first kappa shape index (κ1) is 19.7. The number of para-hydroxylation sites is 1. The lowest BCUT2D eigenvalue weighted by Gasteiger charge is -2.21. The fraction of sp³-hybridized carbons (Fsp3) is 0.412. The molecule has 0 saturated carbocycles. The molecule has 1 aromatic carbocycles. The number of hydrogen-bond donors (Lipinski definition) is 2. The lowest BCUT2D eigenvalue weighted by Crippen LogP contribution is -2.41. The van der Waals surface area contributed by atoms with E-state index in [4.69, 9.17) is 0 Å². The molecule has 1 unspecified atom stereocenters. The van der Waals surface area contributed by atoms with Crippen LogP contribution in [0.15, 0.2) is 36.5 Å². The van der Waals surface area contributed by atoms with E-state index in [1.54, 1.807) is 0 Å². The zero-order chi connectivity index (χ0) is 14.7. The van der Waals surface area contributed by atoms with Crippen LogP contribution in [0, 0.1) is 5.41 Å². The maximum absolute atomic E-state index is 12.3. The summed E-state index contributed by atoms with van der Waals surface area (Å²) in [6, 6.07) is 10.2. The normalized spacial score (nSPS) is 19.7. The van der Waals surface area contributed by atoms with Crippen LogP contribution in [-0.4, -0.2) is 30.5 Å². The Morgan fingerprint density at radius 1 is 1.30 bits per heavy atom. The van der Waals surface area contributed by atoms with Gasteiger partial charge in [-0.1, -0.05) is 24.3 Å². The van der Waals surface area contributed by atoms with Gasteiger partial charge in [-0.05, 0) is 37.9 Å². The number of hydrogen-bond acceptors (Lipinski definition) is 3. The van der Waals surface area contributed by atoms with Crippen molar-refractivity contribution in [2.24, 2.45) is 5.41 Å². The highest BCUT2D eigenvalue weighted by atomic mass is 35.5. The molecule has 2 heterocycles. The number of nitrogens with one attached hydrogen (secondary N) is 2. The van der Waals surface area contributed by atoms with Gasteiger partial charge in [0, 0.05) is 24.7 Å². The largest absolute Gasteiger partial charge is 0.355 e. The van der Waals surface area contributed by atoms with E-state index in [-0.39, 0.29) is 36.1 Å². The fourth-order valence-electron chi connectivity index (χ4n) is 2.90. The predicted molar refractivity (Wildman–Crippen MR) is 98.5 cm³/mol. The number of pyridine rings is 1. The molecule has 23 heavy (non-hydrogen) atoms. The molecule has 0 aliphatic carbocycles. The standard InChI is InChI=1S/C17H21N3O.2ClH/c1-17(8-11-18-12-17)16(21)20-10-7-14-5-2-4-13-6-3-9-19-15(13)14;;/h2-6,9,18H,7-8,10-12H2,1H3,(H,20,21);2*1H. The Bertz CT molecular complexity index is 652. The predicted octanol–water partition coefficient (Wildman–Crippen LogP) is 2.74. The van der Waals surface area contributed by atoms with Crippen LogP contribution in [0.5, 0.6) is 0 Å². The van der Waals surface area contributed by atoms with Gasteiger partial charge in [0.2, 0.25) is 5.91 Å². The van der Waals surface area contributed by atoms with Crippen molar-refractivity contribution in [3.63, 3.8) is 0 Å². The lowest BCUT2D eigenvalue weighted by atomic mass is 9.89. The Kier molecular flexibility index (Phi) is 7.26. The van der Waals surface area contributed by atoms with E-state index in [0.29, 0.717) is 6.54 Å². The molecule has 2 aromatic rings. The monoisotopic (exact) mass is 355 g/mol. The van der Waals surface area contributed by atoms with Crippen LogP contribution in [0.2, 0.25) is 0 Å². The van der Waals surface area contributed by atoms with Gasteiger partial charge in [0.1, 0.15) is 0 Å². The Labute approximate surface area is 149 Å². The minimum absolute atomic E-state index is 0. The van der Waals surface area contributed by atoms with Gasteiger partial charge >= 0.3 is 0 Å². The number of carbonyl (C=O) groups excluding carboxylic acids is 1. The van der Waals surface area contributed by atoms with Crippen LogP contribution in [-0.2, 0) is 11.2 Å². The SMILES string of the molecule is CC1(C(=O)NCCc2cccc3cccnc23)CCNC1.Cl.Cl. The molecule has 2 N–H and O–H groups in total.